The molecule has 0 heterocycles. The summed E-state index contributed by atoms with van der Waals surface area (Å²) < 4.78 is 5.42. The Morgan fingerprint density at radius 2 is 1.83 bits per heavy atom. The molecule has 0 saturated heterocycles. The summed E-state index contributed by atoms with van der Waals surface area (Å²) in [4.78, 5) is 23.6. The van der Waals surface area contributed by atoms with Gasteiger partial charge in [-0.05, 0) is 37.1 Å². The molecule has 0 fully saturated rings. The third-order valence-electron chi connectivity index (χ3n) is 3.88. The highest BCUT2D eigenvalue weighted by molar-refractivity contribution is 5.83. The zero-order valence-electron chi connectivity index (χ0n) is 13.8. The van der Waals surface area contributed by atoms with Gasteiger partial charge in [-0.15, -0.1) is 0 Å². The number of hydrogen-bond acceptors (Lipinski definition) is 3. The standard InChI is InChI=1S/C19H21NO4/c1-14-7-6-10-16(11-14)24-12-17(21)20-13-19(2,18(22)23)15-8-4-3-5-9-15/h3-11H,12-13H2,1-2H3,(H,20,21)(H,22,23). The van der Waals surface area contributed by atoms with Gasteiger partial charge in [0.25, 0.3) is 5.91 Å². The van der Waals surface area contributed by atoms with Gasteiger partial charge in [-0.1, -0.05) is 42.5 Å². The average Bonchev–Trinajstić information content (AvgIpc) is 2.58. The van der Waals surface area contributed by atoms with Gasteiger partial charge in [0.2, 0.25) is 0 Å². The van der Waals surface area contributed by atoms with Crippen molar-refractivity contribution in [2.45, 2.75) is 19.3 Å². The predicted octanol–water partition coefficient (Wildman–Crippen LogP) is 2.53. The number of carboxylic acids is 1. The molecule has 0 bridgehead atoms. The number of nitrogens with one attached hydrogen (secondary N) is 1. The molecule has 1 atom stereocenters. The highest BCUT2D eigenvalue weighted by Gasteiger charge is 2.35. The van der Waals surface area contributed by atoms with Crippen molar-refractivity contribution in [3.63, 3.8) is 0 Å². The summed E-state index contributed by atoms with van der Waals surface area (Å²) in [6, 6.07) is 16.2. The number of amides is 1. The first-order valence-electron chi connectivity index (χ1n) is 7.67. The van der Waals surface area contributed by atoms with E-state index in [2.05, 4.69) is 5.32 Å². The van der Waals surface area contributed by atoms with Crippen LogP contribution in [0.3, 0.4) is 0 Å². The van der Waals surface area contributed by atoms with E-state index >= 15 is 0 Å². The smallest absolute Gasteiger partial charge is 0.315 e. The van der Waals surface area contributed by atoms with Crippen LogP contribution in [0.25, 0.3) is 0 Å². The second kappa shape index (κ2) is 7.64. The molecule has 0 aliphatic rings. The number of carbonyl (C=O) groups excluding carboxylic acids is 1. The molecule has 2 rings (SSSR count). The lowest BCUT2D eigenvalue weighted by atomic mass is 9.82. The van der Waals surface area contributed by atoms with E-state index in [1.807, 2.05) is 31.2 Å². The van der Waals surface area contributed by atoms with E-state index in [1.165, 1.54) is 0 Å². The molecule has 2 N–H and O–H groups in total. The lowest BCUT2D eigenvalue weighted by Gasteiger charge is -2.25. The first kappa shape index (κ1) is 17.5. The van der Waals surface area contributed by atoms with Gasteiger partial charge in [-0.2, -0.15) is 0 Å². The topological polar surface area (TPSA) is 75.6 Å². The van der Waals surface area contributed by atoms with Crippen LogP contribution in [0, 0.1) is 6.92 Å². The van der Waals surface area contributed by atoms with Gasteiger partial charge in [0.05, 0.1) is 0 Å². The summed E-state index contributed by atoms with van der Waals surface area (Å²) >= 11 is 0. The van der Waals surface area contributed by atoms with Gasteiger partial charge >= 0.3 is 5.97 Å². The van der Waals surface area contributed by atoms with Crippen LogP contribution in [-0.2, 0) is 15.0 Å². The average molecular weight is 327 g/mol. The summed E-state index contributed by atoms with van der Waals surface area (Å²) in [6.45, 7) is 3.35. The third-order valence-corrected chi connectivity index (χ3v) is 3.88. The molecule has 0 radical (unpaired) electrons. The van der Waals surface area contributed by atoms with Gasteiger partial charge in [-0.25, -0.2) is 0 Å². The van der Waals surface area contributed by atoms with Crippen molar-refractivity contribution in [2.75, 3.05) is 13.2 Å². The molecule has 126 valence electrons. The fraction of sp³-hybridized carbons (Fsp3) is 0.263. The van der Waals surface area contributed by atoms with Crippen LogP contribution in [-0.4, -0.2) is 30.1 Å². The molecule has 2 aromatic rings. The van der Waals surface area contributed by atoms with Gasteiger partial charge in [0.1, 0.15) is 11.2 Å². The maximum absolute atomic E-state index is 12.0. The van der Waals surface area contributed by atoms with E-state index in [0.29, 0.717) is 11.3 Å². The van der Waals surface area contributed by atoms with E-state index in [-0.39, 0.29) is 19.1 Å². The predicted molar refractivity (Wildman–Crippen MR) is 91.1 cm³/mol. The molecule has 0 aromatic heterocycles. The molecule has 24 heavy (non-hydrogen) atoms. The van der Waals surface area contributed by atoms with Gasteiger partial charge in [0.15, 0.2) is 6.61 Å². The fourth-order valence-electron chi connectivity index (χ4n) is 2.29. The number of carboxylic acid groups (broad SMARTS) is 1. The van der Waals surface area contributed by atoms with Crippen LogP contribution in [0.4, 0.5) is 0 Å². The van der Waals surface area contributed by atoms with Crippen molar-refractivity contribution in [3.8, 4) is 5.75 Å². The van der Waals surface area contributed by atoms with Crippen LogP contribution in [0.5, 0.6) is 5.75 Å². The van der Waals surface area contributed by atoms with Crippen molar-refractivity contribution in [2.24, 2.45) is 0 Å². The van der Waals surface area contributed by atoms with Gasteiger partial charge in [-0.3, -0.25) is 9.59 Å². The van der Waals surface area contributed by atoms with Crippen LogP contribution in [0.2, 0.25) is 0 Å². The lowest BCUT2D eigenvalue weighted by Crippen LogP contribution is -2.45. The maximum Gasteiger partial charge on any atom is 0.315 e. The van der Waals surface area contributed by atoms with Crippen molar-refractivity contribution < 1.29 is 19.4 Å². The summed E-state index contributed by atoms with van der Waals surface area (Å²) in [5, 5.41) is 12.2. The molecule has 0 aliphatic carbocycles. The van der Waals surface area contributed by atoms with E-state index in [1.54, 1.807) is 37.3 Å². The van der Waals surface area contributed by atoms with E-state index in [0.717, 1.165) is 5.56 Å². The highest BCUT2D eigenvalue weighted by atomic mass is 16.5. The van der Waals surface area contributed by atoms with Crippen molar-refractivity contribution in [3.05, 3.63) is 65.7 Å². The lowest BCUT2D eigenvalue weighted by molar-refractivity contribution is -0.143. The second-order valence-electron chi connectivity index (χ2n) is 5.89. The van der Waals surface area contributed by atoms with Gasteiger partial charge in [0, 0.05) is 6.54 Å². The van der Waals surface area contributed by atoms with Crippen LogP contribution in [0.1, 0.15) is 18.1 Å². The Balaban J connectivity index is 1.95. The molecular weight excluding hydrogens is 306 g/mol. The summed E-state index contributed by atoms with van der Waals surface area (Å²) in [5.41, 5.74) is 0.480. The Labute approximate surface area is 141 Å². The Morgan fingerprint density at radius 3 is 2.46 bits per heavy atom. The number of carbonyl (C=O) groups is 2. The minimum Gasteiger partial charge on any atom is -0.484 e. The first-order valence-corrected chi connectivity index (χ1v) is 7.67. The number of ether oxygens (including phenoxy) is 1. The Kier molecular flexibility index (Phi) is 5.58. The van der Waals surface area contributed by atoms with Crippen LogP contribution in [0.15, 0.2) is 54.6 Å². The quantitative estimate of drug-likeness (QED) is 0.819. The van der Waals surface area contributed by atoms with Crippen molar-refractivity contribution >= 4 is 11.9 Å². The maximum atomic E-state index is 12.0. The van der Waals surface area contributed by atoms with Crippen LogP contribution >= 0.6 is 0 Å². The molecule has 0 saturated carbocycles. The van der Waals surface area contributed by atoms with E-state index in [9.17, 15) is 14.7 Å². The van der Waals surface area contributed by atoms with Crippen molar-refractivity contribution in [1.29, 1.82) is 0 Å². The molecule has 2 aromatic carbocycles. The Hall–Kier alpha value is -2.82. The minimum atomic E-state index is -1.19. The Bertz CT molecular complexity index is 714. The van der Waals surface area contributed by atoms with E-state index in [4.69, 9.17) is 4.74 Å². The number of rotatable bonds is 7. The zero-order chi connectivity index (χ0) is 17.6. The first-order chi connectivity index (χ1) is 11.4. The second-order valence-corrected chi connectivity index (χ2v) is 5.89. The Morgan fingerprint density at radius 1 is 1.12 bits per heavy atom. The third kappa shape index (κ3) is 4.35. The van der Waals surface area contributed by atoms with Crippen molar-refractivity contribution in [1.82, 2.24) is 5.32 Å². The number of benzene rings is 2. The van der Waals surface area contributed by atoms with Gasteiger partial charge < -0.3 is 15.2 Å². The summed E-state index contributed by atoms with van der Waals surface area (Å²) in [6.07, 6.45) is 0. The molecular formula is C19H21NO4. The van der Waals surface area contributed by atoms with Crippen LogP contribution < -0.4 is 10.1 Å². The highest BCUT2D eigenvalue weighted by Crippen LogP contribution is 2.23. The SMILES string of the molecule is Cc1cccc(OCC(=O)NCC(C)(C(=O)O)c2ccccc2)c1. The molecule has 1 unspecified atom stereocenters. The molecule has 5 nitrogen and oxygen atoms in total. The molecule has 5 heteroatoms. The zero-order valence-corrected chi connectivity index (χ0v) is 13.8. The normalized spacial score (nSPS) is 12.9. The summed E-state index contributed by atoms with van der Waals surface area (Å²) in [5.74, 6) is -0.747. The molecule has 0 spiro atoms. The number of aryl methyl sites for hydroxylation is 1. The number of aliphatic carboxylic acids is 1. The molecule has 0 aliphatic heterocycles. The summed E-state index contributed by atoms with van der Waals surface area (Å²) in [7, 11) is 0. The largest absolute Gasteiger partial charge is 0.484 e. The molecule has 1 amide bonds. The minimum absolute atomic E-state index is 0.0116. The monoisotopic (exact) mass is 327 g/mol. The van der Waals surface area contributed by atoms with E-state index < -0.39 is 11.4 Å². The number of hydrogen-bond donors (Lipinski definition) is 2. The fourth-order valence-corrected chi connectivity index (χ4v) is 2.29.